The van der Waals surface area contributed by atoms with Crippen molar-refractivity contribution in [3.05, 3.63) is 30.1 Å². The van der Waals surface area contributed by atoms with Crippen LogP contribution in [0, 0.1) is 0 Å². The fourth-order valence-corrected chi connectivity index (χ4v) is 0.886. The van der Waals surface area contributed by atoms with Gasteiger partial charge < -0.3 is 21.7 Å². The maximum Gasteiger partial charge on any atom is 0.330 e. The number of hydrogen-bond donors (Lipinski definition) is 0. The molecular formula is C9H10BrF4NO. The van der Waals surface area contributed by atoms with Crippen molar-refractivity contribution >= 4 is 0 Å². The van der Waals surface area contributed by atoms with E-state index >= 15 is 0 Å². The van der Waals surface area contributed by atoms with E-state index in [9.17, 15) is 17.6 Å². The third kappa shape index (κ3) is 4.89. The first kappa shape index (κ1) is 15.3. The van der Waals surface area contributed by atoms with E-state index in [0.717, 1.165) is 0 Å². The summed E-state index contributed by atoms with van der Waals surface area (Å²) < 4.78 is 52.6. The fourth-order valence-electron chi connectivity index (χ4n) is 0.886. The number of halogens is 5. The number of hydrogen-bond acceptors (Lipinski definition) is 1. The molecule has 0 radical (unpaired) electrons. The number of aromatic amines is 1. The van der Waals surface area contributed by atoms with Crippen molar-refractivity contribution < 1.29 is 44.3 Å². The summed E-state index contributed by atoms with van der Waals surface area (Å²) in [5.41, 5.74) is 0.638. The molecule has 0 saturated carbocycles. The molecule has 0 aliphatic heterocycles. The van der Waals surface area contributed by atoms with Crippen molar-refractivity contribution in [1.29, 1.82) is 0 Å². The van der Waals surface area contributed by atoms with E-state index in [1.165, 1.54) is 0 Å². The fraction of sp³-hybridized carbons (Fsp3) is 0.444. The second kappa shape index (κ2) is 6.80. The van der Waals surface area contributed by atoms with E-state index in [1.54, 1.807) is 24.5 Å². The highest BCUT2D eigenvalue weighted by Gasteiger charge is 2.40. The number of alkyl halides is 4. The predicted octanol–water partition coefficient (Wildman–Crippen LogP) is -1.08. The van der Waals surface area contributed by atoms with Crippen LogP contribution < -0.4 is 22.0 Å². The Labute approximate surface area is 100 Å². The van der Waals surface area contributed by atoms with Crippen molar-refractivity contribution in [3.8, 4) is 0 Å². The second-order valence-electron chi connectivity index (χ2n) is 2.96. The number of rotatable bonds is 5. The van der Waals surface area contributed by atoms with Gasteiger partial charge in [0.15, 0.2) is 12.4 Å². The lowest BCUT2D eigenvalue weighted by Crippen LogP contribution is -3.00. The van der Waals surface area contributed by atoms with Crippen LogP contribution in [0.4, 0.5) is 17.6 Å². The van der Waals surface area contributed by atoms with Gasteiger partial charge in [0.25, 0.3) is 0 Å². The van der Waals surface area contributed by atoms with E-state index < -0.39 is 19.0 Å². The molecule has 0 saturated heterocycles. The number of H-pyrrole nitrogens is 1. The molecule has 0 aliphatic rings. The van der Waals surface area contributed by atoms with Crippen molar-refractivity contribution in [1.82, 2.24) is 0 Å². The summed E-state index contributed by atoms with van der Waals surface area (Å²) in [4.78, 5) is 2.73. The van der Waals surface area contributed by atoms with Crippen LogP contribution in [0.1, 0.15) is 5.56 Å². The monoisotopic (exact) mass is 303 g/mol. The van der Waals surface area contributed by atoms with Crippen LogP contribution in [-0.4, -0.2) is 19.0 Å². The first-order valence-corrected chi connectivity index (χ1v) is 4.21. The summed E-state index contributed by atoms with van der Waals surface area (Å²) in [6, 6.07) is 3.22. The maximum atomic E-state index is 12.4. The van der Waals surface area contributed by atoms with Crippen molar-refractivity contribution in [2.45, 2.75) is 19.0 Å². The highest BCUT2D eigenvalue weighted by atomic mass is 79.9. The van der Waals surface area contributed by atoms with Crippen molar-refractivity contribution in [3.63, 3.8) is 0 Å². The molecule has 1 aromatic heterocycles. The smallest absolute Gasteiger partial charge is 0.330 e. The average molecular weight is 304 g/mol. The lowest BCUT2D eigenvalue weighted by Gasteiger charge is -2.14. The van der Waals surface area contributed by atoms with Gasteiger partial charge in [-0.1, -0.05) is 0 Å². The molecule has 7 heteroatoms. The Kier molecular flexibility index (Phi) is 6.51. The van der Waals surface area contributed by atoms with E-state index in [1.807, 2.05) is 0 Å². The minimum Gasteiger partial charge on any atom is -1.00 e. The molecule has 16 heavy (non-hydrogen) atoms. The Morgan fingerprint density at radius 1 is 1.25 bits per heavy atom. The van der Waals surface area contributed by atoms with Crippen LogP contribution >= 0.6 is 0 Å². The summed E-state index contributed by atoms with van der Waals surface area (Å²) in [6.45, 7) is -1.39. The van der Waals surface area contributed by atoms with Gasteiger partial charge >= 0.3 is 12.3 Å². The van der Waals surface area contributed by atoms with Crippen LogP contribution in [0.5, 0.6) is 0 Å². The number of ether oxygens (including phenoxy) is 1. The van der Waals surface area contributed by atoms with Crippen LogP contribution in [-0.2, 0) is 11.3 Å². The van der Waals surface area contributed by atoms with Gasteiger partial charge in [-0.15, -0.1) is 0 Å². The average Bonchev–Trinajstić information content (AvgIpc) is 2.19. The number of nitrogens with one attached hydrogen (secondary N) is 1. The van der Waals surface area contributed by atoms with Crippen molar-refractivity contribution in [2.24, 2.45) is 0 Å². The molecule has 0 unspecified atom stereocenters. The largest absolute Gasteiger partial charge is 1.00 e. The lowest BCUT2D eigenvalue weighted by molar-refractivity contribution is -0.378. The van der Waals surface area contributed by atoms with E-state index in [-0.39, 0.29) is 23.6 Å². The molecule has 0 aromatic carbocycles. The van der Waals surface area contributed by atoms with Crippen LogP contribution in [0.3, 0.4) is 0 Å². The first-order chi connectivity index (χ1) is 7.02. The molecule has 0 spiro atoms. The van der Waals surface area contributed by atoms with Gasteiger partial charge in [0, 0.05) is 12.1 Å². The van der Waals surface area contributed by atoms with Crippen LogP contribution in [0.2, 0.25) is 0 Å². The SMILES string of the molecule is FC(F)C(F)(F)COCc1cc[nH+]cc1.[Br-]. The molecular weight excluding hydrogens is 294 g/mol. The maximum absolute atomic E-state index is 12.4. The summed E-state index contributed by atoms with van der Waals surface area (Å²) in [5, 5.41) is 0. The van der Waals surface area contributed by atoms with Gasteiger partial charge in [-0.05, 0) is 5.56 Å². The Hall–Kier alpha value is -0.690. The van der Waals surface area contributed by atoms with Gasteiger partial charge in [0.05, 0.1) is 6.61 Å². The van der Waals surface area contributed by atoms with Gasteiger partial charge in [0.1, 0.15) is 6.61 Å². The third-order valence-electron chi connectivity index (χ3n) is 1.67. The normalized spacial score (nSPS) is 11.3. The summed E-state index contributed by atoms with van der Waals surface area (Å²) in [5.74, 6) is -4.08. The Bertz CT molecular complexity index is 297. The lowest BCUT2D eigenvalue weighted by atomic mass is 10.3. The Balaban J connectivity index is 0.00000225. The standard InChI is InChI=1S/C9H9F4NO.BrH/c10-8(11)9(12,13)6-15-5-7-1-3-14-4-2-7;/h1-4,8H,5-6H2;1H. The van der Waals surface area contributed by atoms with E-state index in [0.29, 0.717) is 5.56 Å². The number of pyridine rings is 1. The van der Waals surface area contributed by atoms with Crippen LogP contribution in [0.15, 0.2) is 24.5 Å². The van der Waals surface area contributed by atoms with Gasteiger partial charge in [-0.2, -0.15) is 8.78 Å². The van der Waals surface area contributed by atoms with E-state index in [2.05, 4.69) is 9.72 Å². The first-order valence-electron chi connectivity index (χ1n) is 4.21. The Morgan fingerprint density at radius 2 is 1.81 bits per heavy atom. The molecule has 2 nitrogen and oxygen atoms in total. The second-order valence-corrected chi connectivity index (χ2v) is 2.96. The molecule has 92 valence electrons. The summed E-state index contributed by atoms with van der Waals surface area (Å²) >= 11 is 0. The molecule has 1 rings (SSSR count). The topological polar surface area (TPSA) is 23.4 Å². The van der Waals surface area contributed by atoms with Crippen molar-refractivity contribution in [2.75, 3.05) is 6.61 Å². The quantitative estimate of drug-likeness (QED) is 0.635. The minimum absolute atomic E-state index is 0. The number of aromatic nitrogens is 1. The molecule has 0 fully saturated rings. The zero-order valence-electron chi connectivity index (χ0n) is 8.10. The zero-order valence-corrected chi connectivity index (χ0v) is 9.69. The summed E-state index contributed by atoms with van der Waals surface area (Å²) in [7, 11) is 0. The third-order valence-corrected chi connectivity index (χ3v) is 1.67. The van der Waals surface area contributed by atoms with E-state index in [4.69, 9.17) is 0 Å². The zero-order chi connectivity index (χ0) is 11.3. The minimum atomic E-state index is -4.08. The molecule has 1 N–H and O–H groups in total. The molecule has 0 bridgehead atoms. The van der Waals surface area contributed by atoms with Crippen LogP contribution in [0.25, 0.3) is 0 Å². The van der Waals surface area contributed by atoms with Gasteiger partial charge in [-0.3, -0.25) is 0 Å². The highest BCUT2D eigenvalue weighted by molar-refractivity contribution is 5.05. The molecule has 0 atom stereocenters. The highest BCUT2D eigenvalue weighted by Crippen LogP contribution is 2.23. The van der Waals surface area contributed by atoms with Gasteiger partial charge in [-0.25, -0.2) is 13.8 Å². The van der Waals surface area contributed by atoms with Gasteiger partial charge in [0.2, 0.25) is 0 Å². The molecule has 0 amide bonds. The predicted molar refractivity (Wildman–Crippen MR) is 43.6 cm³/mol. The Morgan fingerprint density at radius 3 is 2.31 bits per heavy atom. The molecule has 0 aliphatic carbocycles. The molecule has 1 aromatic rings. The summed E-state index contributed by atoms with van der Waals surface area (Å²) in [6.07, 6.45) is -0.518. The molecule has 1 heterocycles.